The molecule has 9 nitrogen and oxygen atoms in total. The van der Waals surface area contributed by atoms with E-state index in [0.29, 0.717) is 31.6 Å². The van der Waals surface area contributed by atoms with E-state index in [0.717, 1.165) is 22.9 Å². The van der Waals surface area contributed by atoms with Gasteiger partial charge in [0.05, 0.1) is 25.3 Å². The second-order valence-electron chi connectivity index (χ2n) is 12.5. The van der Waals surface area contributed by atoms with Gasteiger partial charge < -0.3 is 19.1 Å². The van der Waals surface area contributed by atoms with Crippen molar-refractivity contribution >= 4 is 22.1 Å². The number of piperidine rings is 1. The van der Waals surface area contributed by atoms with Crippen molar-refractivity contribution in [3.63, 3.8) is 0 Å². The van der Waals surface area contributed by atoms with Crippen LogP contribution in [0.4, 0.5) is 4.79 Å². The third-order valence-corrected chi connectivity index (χ3v) is 7.06. The molecule has 2 aromatic rings. The molecule has 0 aliphatic carbocycles. The van der Waals surface area contributed by atoms with Crippen LogP contribution in [0.5, 0.6) is 5.75 Å². The molecule has 226 valence electrons. The summed E-state index contributed by atoms with van der Waals surface area (Å²) in [5.74, 6) is 0.314. The van der Waals surface area contributed by atoms with Crippen molar-refractivity contribution in [2.75, 3.05) is 19.4 Å². The van der Waals surface area contributed by atoms with Crippen LogP contribution in [0.1, 0.15) is 66.4 Å². The van der Waals surface area contributed by atoms with Crippen molar-refractivity contribution in [3.8, 4) is 16.9 Å². The molecular weight excluding hydrogens is 544 g/mol. The Balaban J connectivity index is 1.83. The minimum absolute atomic E-state index is 0.128. The number of likely N-dealkylation sites (tertiary alicyclic amines) is 1. The summed E-state index contributed by atoms with van der Waals surface area (Å²) in [5, 5.41) is 0. The maximum Gasteiger partial charge on any atom is 0.410 e. The van der Waals surface area contributed by atoms with Crippen LogP contribution in [0.3, 0.4) is 0 Å². The highest BCUT2D eigenvalue weighted by Gasteiger charge is 2.38. The second kappa shape index (κ2) is 13.2. The first-order valence-corrected chi connectivity index (χ1v) is 15.9. The van der Waals surface area contributed by atoms with Gasteiger partial charge in [0, 0.05) is 18.2 Å². The lowest BCUT2D eigenvalue weighted by atomic mass is 9.90. The van der Waals surface area contributed by atoms with Crippen LogP contribution in [0.15, 0.2) is 48.5 Å². The summed E-state index contributed by atoms with van der Waals surface area (Å²) < 4.78 is 44.1. The number of amides is 1. The van der Waals surface area contributed by atoms with E-state index in [-0.39, 0.29) is 19.0 Å². The molecule has 0 radical (unpaired) electrons. The highest BCUT2D eigenvalue weighted by atomic mass is 32.2. The highest BCUT2D eigenvalue weighted by Crippen LogP contribution is 2.32. The quantitative estimate of drug-likeness (QED) is 0.395. The molecule has 2 atom stereocenters. The third-order valence-electron chi connectivity index (χ3n) is 6.33. The van der Waals surface area contributed by atoms with Gasteiger partial charge in [-0.2, -0.15) is 0 Å². The molecular formula is C31H44N2O7S. The second-order valence-corrected chi connectivity index (χ2v) is 14.2. The largest absolute Gasteiger partial charge is 0.492 e. The van der Waals surface area contributed by atoms with E-state index >= 15 is 0 Å². The van der Waals surface area contributed by atoms with Gasteiger partial charge in [-0.05, 0) is 78.0 Å². The topological polar surface area (TPSA) is 111 Å². The average molecular weight is 589 g/mol. The SMILES string of the molecule is CC(C)(C)OC(=O)CCOc1ccccc1-c1cccc(CC2C(NS(C)(=O)=O)CCCN2C(=O)OC(C)(C)C)c1. The van der Waals surface area contributed by atoms with E-state index in [4.69, 9.17) is 14.2 Å². The van der Waals surface area contributed by atoms with Gasteiger partial charge in [-0.3, -0.25) is 4.79 Å². The van der Waals surface area contributed by atoms with Crippen molar-refractivity contribution in [1.29, 1.82) is 0 Å². The van der Waals surface area contributed by atoms with Crippen molar-refractivity contribution in [3.05, 3.63) is 54.1 Å². The predicted octanol–water partition coefficient (Wildman–Crippen LogP) is 5.32. The van der Waals surface area contributed by atoms with Gasteiger partial charge in [0.25, 0.3) is 0 Å². The maximum atomic E-state index is 13.2. The zero-order valence-electron chi connectivity index (χ0n) is 25.2. The number of rotatable bonds is 9. The van der Waals surface area contributed by atoms with Crippen molar-refractivity contribution in [2.24, 2.45) is 0 Å². The first-order valence-electron chi connectivity index (χ1n) is 14.0. The Labute approximate surface area is 244 Å². The Bertz CT molecular complexity index is 1310. The molecule has 1 aliphatic heterocycles. The molecule has 1 amide bonds. The molecule has 1 fully saturated rings. The molecule has 0 bridgehead atoms. The smallest absolute Gasteiger partial charge is 0.410 e. The van der Waals surface area contributed by atoms with Gasteiger partial charge in [-0.15, -0.1) is 0 Å². The van der Waals surface area contributed by atoms with Gasteiger partial charge in [-0.25, -0.2) is 17.9 Å². The summed E-state index contributed by atoms with van der Waals surface area (Å²) in [4.78, 5) is 26.9. The van der Waals surface area contributed by atoms with Gasteiger partial charge in [0.15, 0.2) is 0 Å². The van der Waals surface area contributed by atoms with E-state index in [1.165, 1.54) is 0 Å². The lowest BCUT2D eigenvalue weighted by molar-refractivity contribution is -0.155. The third kappa shape index (κ3) is 10.7. The number of nitrogens with zero attached hydrogens (tertiary/aromatic N) is 1. The zero-order chi connectivity index (χ0) is 30.4. The van der Waals surface area contributed by atoms with E-state index in [1.807, 2.05) is 90.1 Å². The molecule has 1 aliphatic rings. The summed E-state index contributed by atoms with van der Waals surface area (Å²) >= 11 is 0. The van der Waals surface area contributed by atoms with E-state index in [1.54, 1.807) is 4.90 Å². The van der Waals surface area contributed by atoms with E-state index in [2.05, 4.69) is 4.72 Å². The Morgan fingerprint density at radius 2 is 1.66 bits per heavy atom. The molecule has 2 unspecified atom stereocenters. The van der Waals surface area contributed by atoms with Crippen molar-refractivity contribution in [1.82, 2.24) is 9.62 Å². The molecule has 10 heteroatoms. The summed E-state index contributed by atoms with van der Waals surface area (Å²) in [6.45, 7) is 11.6. The highest BCUT2D eigenvalue weighted by molar-refractivity contribution is 7.88. The molecule has 0 saturated carbocycles. The number of benzene rings is 2. The summed E-state index contributed by atoms with van der Waals surface area (Å²) in [7, 11) is -3.49. The number of para-hydroxylation sites is 1. The van der Waals surface area contributed by atoms with E-state index in [9.17, 15) is 18.0 Å². The summed E-state index contributed by atoms with van der Waals surface area (Å²) in [6, 6.07) is 14.6. The summed E-state index contributed by atoms with van der Waals surface area (Å²) in [6.07, 6.45) is 2.52. The predicted molar refractivity (Wildman–Crippen MR) is 159 cm³/mol. The number of carbonyl (C=O) groups is 2. The first-order chi connectivity index (χ1) is 19.0. The fourth-order valence-corrected chi connectivity index (χ4v) is 5.67. The van der Waals surface area contributed by atoms with Gasteiger partial charge in [0.1, 0.15) is 17.0 Å². The number of hydrogen-bond donors (Lipinski definition) is 1. The fourth-order valence-electron chi connectivity index (χ4n) is 4.84. The Hall–Kier alpha value is -3.11. The van der Waals surface area contributed by atoms with Crippen LogP contribution >= 0.6 is 0 Å². The molecule has 2 aromatic carbocycles. The Kier molecular flexibility index (Phi) is 10.5. The molecule has 1 heterocycles. The van der Waals surface area contributed by atoms with Crippen LogP contribution in [0.25, 0.3) is 11.1 Å². The standard InChI is InChI=1S/C31H44N2O7S/c1-30(2,3)39-28(34)17-19-38-27-16-9-8-14-24(27)23-13-10-12-22(20-23)21-26-25(32-41(7,36)37)15-11-18-33(26)29(35)40-31(4,5)6/h8-10,12-14,16,20,25-26,32H,11,15,17-19,21H2,1-7H3. The minimum Gasteiger partial charge on any atom is -0.492 e. The van der Waals surface area contributed by atoms with E-state index < -0.39 is 39.4 Å². The Morgan fingerprint density at radius 1 is 0.976 bits per heavy atom. The molecule has 1 saturated heterocycles. The monoisotopic (exact) mass is 588 g/mol. The normalized spacial score (nSPS) is 18.1. The lowest BCUT2D eigenvalue weighted by Gasteiger charge is -2.41. The van der Waals surface area contributed by atoms with Crippen LogP contribution in [0.2, 0.25) is 0 Å². The molecule has 0 spiro atoms. The molecule has 41 heavy (non-hydrogen) atoms. The maximum absolute atomic E-state index is 13.2. The van der Waals surface area contributed by atoms with Crippen LogP contribution < -0.4 is 9.46 Å². The van der Waals surface area contributed by atoms with Gasteiger partial charge in [0.2, 0.25) is 10.0 Å². The number of nitrogens with one attached hydrogen (secondary N) is 1. The van der Waals surface area contributed by atoms with Gasteiger partial charge in [-0.1, -0.05) is 42.5 Å². The number of hydrogen-bond acceptors (Lipinski definition) is 7. The first kappa shape index (κ1) is 32.4. The van der Waals surface area contributed by atoms with Gasteiger partial charge >= 0.3 is 12.1 Å². The fraction of sp³-hybridized carbons (Fsp3) is 0.548. The summed E-state index contributed by atoms with van der Waals surface area (Å²) in [5.41, 5.74) is 1.47. The van der Waals surface area contributed by atoms with Crippen molar-refractivity contribution < 1.29 is 32.2 Å². The van der Waals surface area contributed by atoms with Crippen LogP contribution in [-0.4, -0.2) is 68.1 Å². The number of esters is 1. The molecule has 1 N–H and O–H groups in total. The number of sulfonamides is 1. The van der Waals surface area contributed by atoms with Crippen molar-refractivity contribution in [2.45, 2.75) is 90.5 Å². The molecule has 3 rings (SSSR count). The van der Waals surface area contributed by atoms with Crippen LogP contribution in [0, 0.1) is 0 Å². The zero-order valence-corrected chi connectivity index (χ0v) is 26.0. The number of carbonyl (C=O) groups excluding carboxylic acids is 2. The Morgan fingerprint density at radius 3 is 2.32 bits per heavy atom. The molecule has 0 aromatic heterocycles. The average Bonchev–Trinajstić information content (AvgIpc) is 2.82. The van der Waals surface area contributed by atoms with Crippen LogP contribution in [-0.2, 0) is 30.7 Å². The number of ether oxygens (including phenoxy) is 3. The minimum atomic E-state index is -3.49. The lowest BCUT2D eigenvalue weighted by Crippen LogP contribution is -2.58.